The highest BCUT2D eigenvalue weighted by Crippen LogP contribution is 2.41. The number of nitrogens with one attached hydrogen (secondary N) is 1. The van der Waals surface area contributed by atoms with Crippen molar-refractivity contribution in [2.75, 3.05) is 5.75 Å². The minimum Gasteiger partial charge on any atom is -0.509 e. The number of carbonyl (C=O) groups excluding carboxylic acids is 3. The maximum Gasteiger partial charge on any atom is 0.359 e. The Morgan fingerprint density at radius 3 is 2.08 bits per heavy atom. The number of ether oxygens (including phenoxy) is 1. The van der Waals surface area contributed by atoms with Gasteiger partial charge in [0.15, 0.2) is 11.8 Å². The lowest BCUT2D eigenvalue weighted by Crippen LogP contribution is -2.70. The summed E-state index contributed by atoms with van der Waals surface area (Å²) in [6.45, 7) is 0. The summed E-state index contributed by atoms with van der Waals surface area (Å²) in [7, 11) is 0. The molecule has 3 aromatic carbocycles. The fraction of sp³-hybridized carbons (Fsp3) is 0.179. The second-order valence-corrected chi connectivity index (χ2v) is 9.62. The molecule has 0 spiro atoms. The number of nitrogens with zero attached hydrogens (tertiary/aromatic N) is 1. The zero-order valence-corrected chi connectivity index (χ0v) is 20.1. The number of aliphatic hydroxyl groups is 1. The SMILES string of the molecule is O=C(Cc1ccccc1)NC1C(=O)N2C(C(=O)OC(c3ccccc3)c3ccccc3)=C(O)CSC12. The fourth-order valence-corrected chi connectivity index (χ4v) is 5.55. The summed E-state index contributed by atoms with van der Waals surface area (Å²) in [6, 6.07) is 27.0. The molecule has 7 nitrogen and oxygen atoms in total. The van der Waals surface area contributed by atoms with Gasteiger partial charge in [0.25, 0.3) is 5.91 Å². The largest absolute Gasteiger partial charge is 0.509 e. The van der Waals surface area contributed by atoms with E-state index in [0.717, 1.165) is 16.7 Å². The minimum atomic E-state index is -0.794. The Bertz CT molecular complexity index is 1260. The molecule has 1 saturated heterocycles. The minimum absolute atomic E-state index is 0.130. The molecule has 0 aromatic heterocycles. The van der Waals surface area contributed by atoms with Crippen LogP contribution in [0.4, 0.5) is 0 Å². The summed E-state index contributed by atoms with van der Waals surface area (Å²) >= 11 is 1.29. The van der Waals surface area contributed by atoms with Crippen molar-refractivity contribution in [2.45, 2.75) is 23.9 Å². The lowest BCUT2D eigenvalue weighted by Gasteiger charge is -2.48. The zero-order chi connectivity index (χ0) is 25.1. The first-order chi connectivity index (χ1) is 17.5. The summed E-state index contributed by atoms with van der Waals surface area (Å²) in [6.07, 6.45) is -0.570. The maximum absolute atomic E-state index is 13.3. The second kappa shape index (κ2) is 10.3. The van der Waals surface area contributed by atoms with Gasteiger partial charge in [0.1, 0.15) is 17.2 Å². The number of rotatable bonds is 7. The van der Waals surface area contributed by atoms with E-state index in [4.69, 9.17) is 4.74 Å². The van der Waals surface area contributed by atoms with Crippen LogP contribution < -0.4 is 5.32 Å². The van der Waals surface area contributed by atoms with E-state index < -0.39 is 29.4 Å². The molecule has 0 aliphatic carbocycles. The molecule has 0 bridgehead atoms. The number of fused-ring (bicyclic) bond motifs is 1. The zero-order valence-electron chi connectivity index (χ0n) is 19.2. The monoisotopic (exact) mass is 500 g/mol. The predicted octanol–water partition coefficient (Wildman–Crippen LogP) is 3.73. The Kier molecular flexibility index (Phi) is 6.77. The van der Waals surface area contributed by atoms with Gasteiger partial charge in [-0.2, -0.15) is 0 Å². The Hall–Kier alpha value is -4.04. The van der Waals surface area contributed by atoms with Crippen LogP contribution in [0.25, 0.3) is 0 Å². The molecule has 182 valence electrons. The molecule has 0 saturated carbocycles. The molecule has 8 heteroatoms. The van der Waals surface area contributed by atoms with Crippen molar-refractivity contribution >= 4 is 29.5 Å². The highest BCUT2D eigenvalue weighted by Gasteiger charge is 2.55. The van der Waals surface area contributed by atoms with Gasteiger partial charge in [0.05, 0.1) is 12.2 Å². The van der Waals surface area contributed by atoms with Crippen molar-refractivity contribution < 1.29 is 24.2 Å². The number of hydrogen-bond donors (Lipinski definition) is 2. The van der Waals surface area contributed by atoms with Gasteiger partial charge >= 0.3 is 5.97 Å². The van der Waals surface area contributed by atoms with E-state index in [0.29, 0.717) is 0 Å². The van der Waals surface area contributed by atoms with Gasteiger partial charge in [0, 0.05) is 0 Å². The van der Waals surface area contributed by atoms with Gasteiger partial charge < -0.3 is 15.2 Å². The van der Waals surface area contributed by atoms with E-state index in [1.54, 1.807) is 0 Å². The van der Waals surface area contributed by atoms with E-state index in [9.17, 15) is 19.5 Å². The Morgan fingerprint density at radius 1 is 0.944 bits per heavy atom. The van der Waals surface area contributed by atoms with Crippen LogP contribution in [0, 0.1) is 0 Å². The van der Waals surface area contributed by atoms with E-state index in [-0.39, 0.29) is 29.5 Å². The lowest BCUT2D eigenvalue weighted by molar-refractivity contribution is -0.155. The Balaban J connectivity index is 1.32. The molecular formula is C28H24N2O5S. The summed E-state index contributed by atoms with van der Waals surface area (Å²) in [5.41, 5.74) is 2.19. The fourth-order valence-electron chi connectivity index (χ4n) is 4.35. The van der Waals surface area contributed by atoms with Gasteiger partial charge in [-0.15, -0.1) is 11.8 Å². The smallest absolute Gasteiger partial charge is 0.359 e. The van der Waals surface area contributed by atoms with Crippen molar-refractivity contribution in [3.63, 3.8) is 0 Å². The number of amides is 2. The third-order valence-corrected chi connectivity index (χ3v) is 7.36. The van der Waals surface area contributed by atoms with Gasteiger partial charge in [-0.05, 0) is 16.7 Å². The number of thioether (sulfide) groups is 1. The van der Waals surface area contributed by atoms with Crippen molar-refractivity contribution in [3.8, 4) is 0 Å². The predicted molar refractivity (Wildman–Crippen MR) is 136 cm³/mol. The molecule has 2 heterocycles. The lowest BCUT2D eigenvalue weighted by atomic mass is 10.0. The third kappa shape index (κ3) is 4.72. The van der Waals surface area contributed by atoms with Gasteiger partial charge in [-0.25, -0.2) is 4.79 Å². The summed E-state index contributed by atoms with van der Waals surface area (Å²) in [5, 5.41) is 12.8. The van der Waals surface area contributed by atoms with Crippen LogP contribution in [-0.2, 0) is 25.5 Å². The van der Waals surface area contributed by atoms with Crippen molar-refractivity contribution in [3.05, 3.63) is 119 Å². The van der Waals surface area contributed by atoms with Crippen molar-refractivity contribution in [1.29, 1.82) is 0 Å². The standard InChI is InChI=1S/C28H24N2O5S/c31-21-17-36-27-23(29-22(32)16-18-10-4-1-5-11-18)26(33)30(27)24(21)28(34)35-25(19-12-6-2-7-13-19)20-14-8-3-9-15-20/h1-15,23,25,27,31H,16-17H2,(H,29,32). The molecule has 2 atom stereocenters. The average molecular weight is 501 g/mol. The molecule has 3 aromatic rings. The number of aliphatic hydroxyl groups excluding tert-OH is 1. The molecule has 36 heavy (non-hydrogen) atoms. The van der Waals surface area contributed by atoms with E-state index in [1.807, 2.05) is 91.0 Å². The molecule has 5 rings (SSSR count). The molecule has 2 aliphatic rings. The van der Waals surface area contributed by atoms with Crippen LogP contribution in [-0.4, -0.2) is 45.0 Å². The number of carbonyl (C=O) groups is 3. The quantitative estimate of drug-likeness (QED) is 0.379. The van der Waals surface area contributed by atoms with E-state index in [1.165, 1.54) is 16.7 Å². The van der Waals surface area contributed by atoms with Crippen LogP contribution >= 0.6 is 11.8 Å². The summed E-state index contributed by atoms with van der Waals surface area (Å²) < 4.78 is 5.88. The van der Waals surface area contributed by atoms with E-state index >= 15 is 0 Å². The normalized spacial score (nSPS) is 18.9. The molecule has 0 radical (unpaired) electrons. The Labute approximate surface area is 212 Å². The van der Waals surface area contributed by atoms with Crippen LogP contribution in [0.2, 0.25) is 0 Å². The van der Waals surface area contributed by atoms with Gasteiger partial charge in [-0.1, -0.05) is 91.0 Å². The van der Waals surface area contributed by atoms with Crippen molar-refractivity contribution in [1.82, 2.24) is 10.2 Å². The van der Waals surface area contributed by atoms with Crippen LogP contribution in [0.1, 0.15) is 22.8 Å². The first-order valence-corrected chi connectivity index (χ1v) is 12.6. The van der Waals surface area contributed by atoms with Crippen molar-refractivity contribution in [2.24, 2.45) is 0 Å². The number of hydrogen-bond acceptors (Lipinski definition) is 6. The summed E-state index contributed by atoms with van der Waals surface area (Å²) in [4.78, 5) is 40.1. The van der Waals surface area contributed by atoms with Crippen LogP contribution in [0.3, 0.4) is 0 Å². The first-order valence-electron chi connectivity index (χ1n) is 11.5. The average Bonchev–Trinajstić information content (AvgIpc) is 2.91. The van der Waals surface area contributed by atoms with Gasteiger partial charge in [0.2, 0.25) is 5.91 Å². The third-order valence-electron chi connectivity index (χ3n) is 6.10. The highest BCUT2D eigenvalue weighted by atomic mass is 32.2. The Morgan fingerprint density at radius 2 is 1.50 bits per heavy atom. The molecule has 2 amide bonds. The maximum atomic E-state index is 13.3. The second-order valence-electron chi connectivity index (χ2n) is 8.52. The number of esters is 1. The van der Waals surface area contributed by atoms with E-state index in [2.05, 4.69) is 5.32 Å². The molecular weight excluding hydrogens is 476 g/mol. The molecule has 2 N–H and O–H groups in total. The van der Waals surface area contributed by atoms with Gasteiger partial charge in [-0.3, -0.25) is 14.5 Å². The van der Waals surface area contributed by atoms with Crippen LogP contribution in [0.5, 0.6) is 0 Å². The highest BCUT2D eigenvalue weighted by molar-refractivity contribution is 8.00. The van der Waals surface area contributed by atoms with Crippen LogP contribution in [0.15, 0.2) is 102 Å². The first kappa shape index (κ1) is 23.7. The topological polar surface area (TPSA) is 95.9 Å². The molecule has 1 fully saturated rings. The number of benzene rings is 3. The molecule has 2 aliphatic heterocycles. The number of β-lactam (4-membered cyclic amide) rings is 1. The molecule has 2 unspecified atom stereocenters. The summed E-state index contributed by atoms with van der Waals surface area (Å²) in [5.74, 6) is -1.62.